The van der Waals surface area contributed by atoms with Crippen molar-refractivity contribution in [3.8, 4) is 0 Å². The van der Waals surface area contributed by atoms with Crippen LogP contribution in [0.2, 0.25) is 0 Å². The quantitative estimate of drug-likeness (QED) is 0.590. The Morgan fingerprint density at radius 2 is 2.05 bits per heavy atom. The van der Waals surface area contributed by atoms with E-state index in [0.29, 0.717) is 12.0 Å². The number of amides is 3. The molecule has 0 radical (unpaired) electrons. The Bertz CT molecular complexity index is 486. The molecule has 2 heterocycles. The molecule has 3 amide bonds. The minimum absolute atomic E-state index is 0.163. The smallest absolute Gasteiger partial charge is 0.325 e. The molecule has 0 saturated carbocycles. The van der Waals surface area contributed by atoms with E-state index in [1.54, 1.807) is 6.92 Å². The molecule has 2 rings (SSSR count). The first-order valence-corrected chi connectivity index (χ1v) is 7.59. The highest BCUT2D eigenvalue weighted by Gasteiger charge is 2.47. The van der Waals surface area contributed by atoms with Gasteiger partial charge in [-0.15, -0.1) is 0 Å². The third-order valence-electron chi connectivity index (χ3n) is 3.95. The van der Waals surface area contributed by atoms with Gasteiger partial charge in [-0.25, -0.2) is 4.79 Å². The SMILES string of the molecule is CCCCCCC[C@]1(C)NC(=O)N(Cc2cnoc2)C1=O. The van der Waals surface area contributed by atoms with E-state index in [9.17, 15) is 9.59 Å². The standard InChI is InChI=1S/C15H23N3O3/c1-3-4-5-6-7-8-15(2)13(19)18(14(20)17-15)10-12-9-16-21-11-12/h9,11H,3-8,10H2,1-2H3,(H,17,20)/t15-/m0/s1. The molecular formula is C15H23N3O3. The lowest BCUT2D eigenvalue weighted by atomic mass is 9.94. The monoisotopic (exact) mass is 293 g/mol. The summed E-state index contributed by atoms with van der Waals surface area (Å²) < 4.78 is 4.73. The molecule has 1 aromatic heterocycles. The fourth-order valence-electron chi connectivity index (χ4n) is 2.63. The van der Waals surface area contributed by atoms with Gasteiger partial charge >= 0.3 is 6.03 Å². The Balaban J connectivity index is 1.90. The molecule has 0 spiro atoms. The molecule has 1 aliphatic rings. The zero-order chi connectivity index (χ0) is 15.3. The van der Waals surface area contributed by atoms with Gasteiger partial charge in [0.25, 0.3) is 5.91 Å². The summed E-state index contributed by atoms with van der Waals surface area (Å²) in [4.78, 5) is 25.7. The first-order chi connectivity index (χ1) is 10.1. The van der Waals surface area contributed by atoms with E-state index in [4.69, 9.17) is 4.52 Å². The summed E-state index contributed by atoms with van der Waals surface area (Å²) in [6.07, 6.45) is 9.28. The number of aromatic nitrogens is 1. The Morgan fingerprint density at radius 1 is 1.29 bits per heavy atom. The lowest BCUT2D eigenvalue weighted by Gasteiger charge is -2.21. The average molecular weight is 293 g/mol. The second-order valence-corrected chi connectivity index (χ2v) is 5.85. The number of carbonyl (C=O) groups excluding carboxylic acids is 2. The number of imide groups is 1. The minimum Gasteiger partial charge on any atom is -0.364 e. The van der Waals surface area contributed by atoms with E-state index in [1.807, 2.05) is 0 Å². The van der Waals surface area contributed by atoms with Crippen molar-refractivity contribution in [3.63, 3.8) is 0 Å². The highest BCUT2D eigenvalue weighted by atomic mass is 16.5. The summed E-state index contributed by atoms with van der Waals surface area (Å²) in [7, 11) is 0. The van der Waals surface area contributed by atoms with Crippen molar-refractivity contribution in [2.24, 2.45) is 0 Å². The Hall–Kier alpha value is -1.85. The van der Waals surface area contributed by atoms with Crippen LogP contribution < -0.4 is 5.32 Å². The molecule has 1 N–H and O–H groups in total. The van der Waals surface area contributed by atoms with Crippen molar-refractivity contribution in [1.29, 1.82) is 0 Å². The van der Waals surface area contributed by atoms with Gasteiger partial charge in [-0.1, -0.05) is 44.2 Å². The minimum atomic E-state index is -0.777. The first kappa shape index (κ1) is 15.5. The van der Waals surface area contributed by atoms with Crippen molar-refractivity contribution in [3.05, 3.63) is 18.0 Å². The predicted octanol–water partition coefficient (Wildman–Crippen LogP) is 2.85. The third kappa shape index (κ3) is 3.62. The van der Waals surface area contributed by atoms with Gasteiger partial charge in [-0.2, -0.15) is 0 Å². The van der Waals surface area contributed by atoms with Crippen LogP contribution in [0.4, 0.5) is 4.79 Å². The number of nitrogens with zero attached hydrogens (tertiary/aromatic N) is 2. The molecule has 1 saturated heterocycles. The number of unbranched alkanes of at least 4 members (excludes halogenated alkanes) is 4. The summed E-state index contributed by atoms with van der Waals surface area (Å²) in [5, 5.41) is 6.40. The van der Waals surface area contributed by atoms with Gasteiger partial charge in [0.1, 0.15) is 11.8 Å². The number of hydrogen-bond donors (Lipinski definition) is 1. The van der Waals surface area contributed by atoms with E-state index in [-0.39, 0.29) is 18.5 Å². The molecule has 1 aromatic rings. The summed E-state index contributed by atoms with van der Waals surface area (Å²) in [6.45, 7) is 4.19. The molecule has 0 aliphatic carbocycles. The van der Waals surface area contributed by atoms with Crippen LogP contribution in [-0.4, -0.2) is 27.5 Å². The molecule has 6 heteroatoms. The van der Waals surface area contributed by atoms with Crippen LogP contribution in [0.15, 0.2) is 17.0 Å². The topological polar surface area (TPSA) is 75.4 Å². The van der Waals surface area contributed by atoms with E-state index < -0.39 is 5.54 Å². The predicted molar refractivity (Wildman–Crippen MR) is 77.4 cm³/mol. The van der Waals surface area contributed by atoms with Gasteiger partial charge in [-0.05, 0) is 13.3 Å². The summed E-state index contributed by atoms with van der Waals surface area (Å²) in [6, 6.07) is -0.336. The third-order valence-corrected chi connectivity index (χ3v) is 3.95. The summed E-state index contributed by atoms with van der Waals surface area (Å²) >= 11 is 0. The number of rotatable bonds is 8. The second-order valence-electron chi connectivity index (χ2n) is 5.85. The van der Waals surface area contributed by atoms with Gasteiger partial charge in [-0.3, -0.25) is 9.69 Å². The zero-order valence-corrected chi connectivity index (χ0v) is 12.7. The molecule has 0 unspecified atom stereocenters. The number of nitrogens with one attached hydrogen (secondary N) is 1. The lowest BCUT2D eigenvalue weighted by Crippen LogP contribution is -2.43. The lowest BCUT2D eigenvalue weighted by molar-refractivity contribution is -0.131. The van der Waals surface area contributed by atoms with Crippen molar-refractivity contribution in [2.45, 2.75) is 64.5 Å². The summed E-state index contributed by atoms with van der Waals surface area (Å²) in [5.74, 6) is -0.163. The fraction of sp³-hybridized carbons (Fsp3) is 0.667. The number of urea groups is 1. The van der Waals surface area contributed by atoms with Crippen molar-refractivity contribution in [2.75, 3.05) is 0 Å². The Kier molecular flexibility index (Phi) is 4.98. The van der Waals surface area contributed by atoms with Crippen LogP contribution in [0, 0.1) is 0 Å². The molecule has 21 heavy (non-hydrogen) atoms. The van der Waals surface area contributed by atoms with Crippen LogP contribution in [0.3, 0.4) is 0 Å². The van der Waals surface area contributed by atoms with Gasteiger partial charge in [0, 0.05) is 5.56 Å². The van der Waals surface area contributed by atoms with E-state index in [0.717, 1.165) is 12.8 Å². The van der Waals surface area contributed by atoms with E-state index in [1.165, 1.54) is 36.6 Å². The maximum absolute atomic E-state index is 12.5. The fourth-order valence-corrected chi connectivity index (χ4v) is 2.63. The van der Waals surface area contributed by atoms with Crippen LogP contribution in [0.5, 0.6) is 0 Å². The molecule has 0 bridgehead atoms. The van der Waals surface area contributed by atoms with Crippen molar-refractivity contribution < 1.29 is 14.1 Å². The average Bonchev–Trinajstić information content (AvgIpc) is 3.02. The van der Waals surface area contributed by atoms with E-state index >= 15 is 0 Å². The highest BCUT2D eigenvalue weighted by molar-refractivity contribution is 6.06. The van der Waals surface area contributed by atoms with E-state index in [2.05, 4.69) is 17.4 Å². The van der Waals surface area contributed by atoms with Crippen molar-refractivity contribution >= 4 is 11.9 Å². The van der Waals surface area contributed by atoms with Gasteiger partial charge in [0.15, 0.2) is 0 Å². The molecule has 6 nitrogen and oxygen atoms in total. The molecule has 0 aromatic carbocycles. The number of carbonyl (C=O) groups is 2. The maximum atomic E-state index is 12.5. The normalized spacial score (nSPS) is 21.9. The highest BCUT2D eigenvalue weighted by Crippen LogP contribution is 2.25. The largest absolute Gasteiger partial charge is 0.364 e. The molecular weight excluding hydrogens is 270 g/mol. The molecule has 1 atom stereocenters. The Labute approximate surface area is 124 Å². The summed E-state index contributed by atoms with van der Waals surface area (Å²) in [5.41, 5.74) is -0.0637. The van der Waals surface area contributed by atoms with Crippen LogP contribution >= 0.6 is 0 Å². The Morgan fingerprint density at radius 3 is 2.71 bits per heavy atom. The zero-order valence-electron chi connectivity index (χ0n) is 12.7. The molecule has 116 valence electrons. The molecule has 1 aliphatic heterocycles. The number of hydrogen-bond acceptors (Lipinski definition) is 4. The van der Waals surface area contributed by atoms with Crippen LogP contribution in [-0.2, 0) is 11.3 Å². The van der Waals surface area contributed by atoms with Gasteiger partial charge in [0.05, 0.1) is 12.7 Å². The second kappa shape index (κ2) is 6.74. The van der Waals surface area contributed by atoms with Gasteiger partial charge in [0.2, 0.25) is 0 Å². The maximum Gasteiger partial charge on any atom is 0.325 e. The van der Waals surface area contributed by atoms with Crippen molar-refractivity contribution in [1.82, 2.24) is 15.4 Å². The van der Waals surface area contributed by atoms with Crippen LogP contribution in [0.25, 0.3) is 0 Å². The molecule has 1 fully saturated rings. The van der Waals surface area contributed by atoms with Crippen LogP contribution in [0.1, 0.15) is 57.9 Å². The first-order valence-electron chi connectivity index (χ1n) is 7.59. The van der Waals surface area contributed by atoms with Gasteiger partial charge < -0.3 is 9.84 Å².